The van der Waals surface area contributed by atoms with Gasteiger partial charge in [0, 0.05) is 0 Å². The third-order valence-electron chi connectivity index (χ3n) is 14.7. The average molecular weight is 1240 g/mol. The fourth-order valence-electron chi connectivity index (χ4n) is 9.81. The lowest BCUT2D eigenvalue weighted by Crippen LogP contribution is -3.00. The van der Waals surface area contributed by atoms with E-state index < -0.39 is 0 Å². The molecule has 0 amide bonds. The van der Waals surface area contributed by atoms with Crippen LogP contribution in [0, 0.1) is 0 Å². The maximum absolute atomic E-state index is 6.11. The Balaban J connectivity index is -0.0000112. The zero-order valence-electron chi connectivity index (χ0n) is 47.6. The highest BCUT2D eigenvalue weighted by Gasteiger charge is 2.18. The van der Waals surface area contributed by atoms with Gasteiger partial charge in [0.05, 0.1) is 122 Å². The van der Waals surface area contributed by atoms with E-state index >= 15 is 0 Å². The van der Waals surface area contributed by atoms with Gasteiger partial charge in [-0.3, -0.25) is 0 Å². The van der Waals surface area contributed by atoms with E-state index in [-0.39, 0.29) is 67.9 Å². The molecule has 0 heterocycles. The van der Waals surface area contributed by atoms with Crippen molar-refractivity contribution >= 4 is 0 Å². The van der Waals surface area contributed by atoms with Crippen LogP contribution in [0.4, 0.5) is 0 Å². The standard InChI is InChI=1S/C60H114N4O2.4BrH/c1-11-13-15-29-47-61(3,4)51-33-23-25-35-53-63(7,8)49-31-21-17-19-27-37-55-65-59-43-39-57(40-44-59)58-41-45-60(46-42-58)66-56-38-28-20-18-22-32-50-64(9,10)54-36-26-24-34-52-62(5,6)48-30-16-14-12-2;;;;/h39-46H,11-38,47-56H2,1-10H3;4*1H/q+4;;;;/p-4. The van der Waals surface area contributed by atoms with Crippen molar-refractivity contribution in [3.8, 4) is 22.6 Å². The molecule has 2 aromatic carbocycles. The number of rotatable bonds is 45. The van der Waals surface area contributed by atoms with Gasteiger partial charge in [0.2, 0.25) is 0 Å². The van der Waals surface area contributed by atoms with Crippen molar-refractivity contribution in [1.82, 2.24) is 0 Å². The number of ether oxygens (including phenoxy) is 2. The maximum atomic E-state index is 6.11. The summed E-state index contributed by atoms with van der Waals surface area (Å²) in [4.78, 5) is 0. The molecule has 0 saturated carbocycles. The van der Waals surface area contributed by atoms with Gasteiger partial charge in [0.25, 0.3) is 0 Å². The monoisotopic (exact) mass is 1240 g/mol. The predicted octanol–water partition coefficient (Wildman–Crippen LogP) is 3.40. The summed E-state index contributed by atoms with van der Waals surface area (Å²) < 4.78 is 17.0. The molecule has 2 rings (SSSR count). The van der Waals surface area contributed by atoms with Gasteiger partial charge in [-0.1, -0.05) is 102 Å². The lowest BCUT2D eigenvalue weighted by molar-refractivity contribution is -0.891. The summed E-state index contributed by atoms with van der Waals surface area (Å²) >= 11 is 0. The van der Waals surface area contributed by atoms with E-state index in [4.69, 9.17) is 9.47 Å². The third kappa shape index (κ3) is 41.1. The fourth-order valence-corrected chi connectivity index (χ4v) is 9.81. The zero-order valence-corrected chi connectivity index (χ0v) is 54.0. The first kappa shape index (κ1) is 74.0. The van der Waals surface area contributed by atoms with Gasteiger partial charge in [-0.05, 0) is 151 Å². The topological polar surface area (TPSA) is 18.5 Å². The summed E-state index contributed by atoms with van der Waals surface area (Å²) in [6.07, 6.45) is 37.7. The van der Waals surface area contributed by atoms with Crippen LogP contribution in [0.2, 0.25) is 0 Å². The molecule has 2 aromatic rings. The second-order valence-corrected chi connectivity index (χ2v) is 23.5. The summed E-state index contributed by atoms with van der Waals surface area (Å²) in [6.45, 7) is 16.9. The van der Waals surface area contributed by atoms with Gasteiger partial charge in [0.15, 0.2) is 0 Å². The second-order valence-electron chi connectivity index (χ2n) is 23.5. The molecule has 0 bridgehead atoms. The van der Waals surface area contributed by atoms with Crippen LogP contribution in [-0.2, 0) is 0 Å². The van der Waals surface area contributed by atoms with E-state index in [1.54, 1.807) is 0 Å². The Labute approximate surface area is 478 Å². The van der Waals surface area contributed by atoms with Crippen LogP contribution in [0.1, 0.15) is 194 Å². The zero-order chi connectivity index (χ0) is 48.3. The Bertz CT molecular complexity index is 1320. The van der Waals surface area contributed by atoms with E-state index in [1.165, 1.54) is 248 Å². The van der Waals surface area contributed by atoms with Gasteiger partial charge >= 0.3 is 0 Å². The number of halogens is 4. The molecule has 70 heavy (non-hydrogen) atoms. The Morgan fingerprint density at radius 1 is 0.257 bits per heavy atom. The average Bonchev–Trinajstić information content (AvgIpc) is 3.28. The number of unbranched alkanes of at least 4 members (excludes halogenated alkanes) is 22. The number of hydrogen-bond acceptors (Lipinski definition) is 2. The second kappa shape index (κ2) is 45.0. The highest BCUT2D eigenvalue weighted by atomic mass is 79.9. The molecule has 0 atom stereocenters. The number of quaternary nitrogens is 4. The smallest absolute Gasteiger partial charge is 0.119 e. The summed E-state index contributed by atoms with van der Waals surface area (Å²) in [5, 5.41) is 0. The normalized spacial score (nSPS) is 11.9. The first-order chi connectivity index (χ1) is 31.7. The Morgan fingerprint density at radius 3 is 0.657 bits per heavy atom. The molecule has 0 fully saturated rings. The van der Waals surface area contributed by atoms with Crippen molar-refractivity contribution in [2.45, 2.75) is 194 Å². The maximum Gasteiger partial charge on any atom is 0.119 e. The first-order valence-corrected chi connectivity index (χ1v) is 28.4. The fraction of sp³-hybridized carbons (Fsp3) is 0.800. The van der Waals surface area contributed by atoms with Crippen molar-refractivity contribution in [3.05, 3.63) is 48.5 Å². The van der Waals surface area contributed by atoms with Crippen LogP contribution in [0.25, 0.3) is 11.1 Å². The molecule has 414 valence electrons. The van der Waals surface area contributed by atoms with Gasteiger partial charge < -0.3 is 95.3 Å². The van der Waals surface area contributed by atoms with Crippen LogP contribution in [-0.4, -0.2) is 140 Å². The van der Waals surface area contributed by atoms with Crippen molar-refractivity contribution in [2.75, 3.05) is 122 Å². The minimum absolute atomic E-state index is 0. The van der Waals surface area contributed by atoms with E-state index in [2.05, 4.69) is 119 Å². The molecule has 0 N–H and O–H groups in total. The lowest BCUT2D eigenvalue weighted by atomic mass is 10.1. The quantitative estimate of drug-likeness (QED) is 0.0750. The summed E-state index contributed by atoms with van der Waals surface area (Å²) in [5.41, 5.74) is 2.44. The van der Waals surface area contributed by atoms with Crippen LogP contribution in [0.15, 0.2) is 48.5 Å². The SMILES string of the molecule is CCCCCC[N+](C)(C)CCCCCC[N+](C)(C)CCCCCCCCOc1ccc(-c2ccc(OCCCCCCCC[N+](C)(C)CCCCCC[N+](C)(C)CCCCCC)cc2)cc1.[Br-].[Br-].[Br-].[Br-]. The van der Waals surface area contributed by atoms with Crippen LogP contribution in [0.5, 0.6) is 11.5 Å². The molecule has 6 nitrogen and oxygen atoms in total. The minimum atomic E-state index is 0. The van der Waals surface area contributed by atoms with E-state index in [0.29, 0.717) is 0 Å². The van der Waals surface area contributed by atoms with Crippen LogP contribution >= 0.6 is 0 Å². The Morgan fingerprint density at radius 2 is 0.443 bits per heavy atom. The van der Waals surface area contributed by atoms with E-state index in [1.807, 2.05) is 0 Å². The third-order valence-corrected chi connectivity index (χ3v) is 14.7. The van der Waals surface area contributed by atoms with Gasteiger partial charge in [-0.25, -0.2) is 0 Å². The van der Waals surface area contributed by atoms with Crippen molar-refractivity contribution in [3.63, 3.8) is 0 Å². The first-order valence-electron chi connectivity index (χ1n) is 28.4. The molecule has 0 radical (unpaired) electrons. The molecular weight excluding hydrogens is 1130 g/mol. The van der Waals surface area contributed by atoms with Crippen molar-refractivity contribution in [2.24, 2.45) is 0 Å². The summed E-state index contributed by atoms with van der Waals surface area (Å²) in [7, 11) is 19.5. The minimum Gasteiger partial charge on any atom is -1.00 e. The molecule has 0 spiro atoms. The number of benzene rings is 2. The number of hydrogen-bond donors (Lipinski definition) is 0. The van der Waals surface area contributed by atoms with E-state index in [0.717, 1.165) is 37.6 Å². The van der Waals surface area contributed by atoms with Gasteiger partial charge in [-0.2, -0.15) is 0 Å². The van der Waals surface area contributed by atoms with Crippen LogP contribution < -0.4 is 77.4 Å². The Hall–Kier alpha value is -0.200. The molecule has 0 unspecified atom stereocenters. The molecule has 0 aliphatic carbocycles. The van der Waals surface area contributed by atoms with Crippen molar-refractivity contribution in [1.29, 1.82) is 0 Å². The molecule has 0 aliphatic rings. The summed E-state index contributed by atoms with van der Waals surface area (Å²) in [5.74, 6) is 1.95. The molecule has 0 aliphatic heterocycles. The summed E-state index contributed by atoms with van der Waals surface area (Å²) in [6, 6.07) is 17.2. The molecule has 0 saturated heterocycles. The molecule has 0 aromatic heterocycles. The molecular formula is C60H114Br4N4O2. The van der Waals surface area contributed by atoms with Gasteiger partial charge in [0.1, 0.15) is 11.5 Å². The largest absolute Gasteiger partial charge is 1.00 e. The highest BCUT2D eigenvalue weighted by molar-refractivity contribution is 5.64. The molecule has 10 heteroatoms. The lowest BCUT2D eigenvalue weighted by Gasteiger charge is -2.31. The van der Waals surface area contributed by atoms with Gasteiger partial charge in [-0.15, -0.1) is 0 Å². The number of nitrogens with zero attached hydrogens (tertiary/aromatic N) is 4. The predicted molar refractivity (Wildman–Crippen MR) is 291 cm³/mol. The van der Waals surface area contributed by atoms with Crippen molar-refractivity contribution < 1.29 is 95.3 Å². The van der Waals surface area contributed by atoms with E-state index in [9.17, 15) is 0 Å². The highest BCUT2D eigenvalue weighted by Crippen LogP contribution is 2.25. The Kier molecular flexibility index (Phi) is 47.6. The van der Waals surface area contributed by atoms with Crippen LogP contribution in [0.3, 0.4) is 0 Å².